The molecule has 0 aliphatic carbocycles. The molecular weight excluding hydrogens is 280 g/mol. The Morgan fingerprint density at radius 2 is 2.05 bits per heavy atom. The van der Waals surface area contributed by atoms with Crippen LogP contribution >= 0.6 is 0 Å². The molecule has 0 bridgehead atoms. The van der Waals surface area contributed by atoms with Crippen LogP contribution in [0.3, 0.4) is 0 Å². The summed E-state index contributed by atoms with van der Waals surface area (Å²) in [4.78, 5) is 14.0. The quantitative estimate of drug-likeness (QED) is 0.791. The minimum absolute atomic E-state index is 0.0560. The first-order chi connectivity index (χ1) is 10.2. The molecular formula is C17H34N2O3. The average molecular weight is 314 g/mol. The van der Waals surface area contributed by atoms with Gasteiger partial charge in [-0.1, -0.05) is 13.8 Å². The molecule has 0 aromatic rings. The van der Waals surface area contributed by atoms with Crippen molar-refractivity contribution in [3.63, 3.8) is 0 Å². The van der Waals surface area contributed by atoms with E-state index in [1.54, 1.807) is 0 Å². The van der Waals surface area contributed by atoms with Crippen molar-refractivity contribution in [2.75, 3.05) is 32.8 Å². The van der Waals surface area contributed by atoms with E-state index in [-0.39, 0.29) is 18.1 Å². The second kappa shape index (κ2) is 8.16. The molecule has 2 atom stereocenters. The molecule has 1 aliphatic heterocycles. The molecule has 5 heteroatoms. The lowest BCUT2D eigenvalue weighted by molar-refractivity contribution is 0.0164. The molecule has 1 saturated heterocycles. The maximum absolute atomic E-state index is 12.1. The average Bonchev–Trinajstić information content (AvgIpc) is 2.45. The number of aliphatic hydroxyl groups is 1. The zero-order valence-electron chi connectivity index (χ0n) is 14.9. The van der Waals surface area contributed by atoms with Crippen LogP contribution in [-0.4, -0.2) is 54.5 Å². The summed E-state index contributed by atoms with van der Waals surface area (Å²) in [5.74, 6) is 0.459. The Hall–Kier alpha value is -0.810. The first-order valence-corrected chi connectivity index (χ1v) is 8.48. The van der Waals surface area contributed by atoms with Gasteiger partial charge in [-0.05, 0) is 52.5 Å². The van der Waals surface area contributed by atoms with Gasteiger partial charge in [-0.25, -0.2) is 4.79 Å². The summed E-state index contributed by atoms with van der Waals surface area (Å²) in [5, 5.41) is 12.9. The number of aliphatic hydroxyl groups excluding tert-OH is 1. The number of nitrogens with zero attached hydrogens (tertiary/aromatic N) is 1. The van der Waals surface area contributed by atoms with Crippen molar-refractivity contribution in [1.82, 2.24) is 10.2 Å². The van der Waals surface area contributed by atoms with Gasteiger partial charge in [-0.2, -0.15) is 0 Å². The van der Waals surface area contributed by atoms with Crippen molar-refractivity contribution in [3.8, 4) is 0 Å². The van der Waals surface area contributed by atoms with Crippen molar-refractivity contribution < 1.29 is 14.6 Å². The van der Waals surface area contributed by atoms with Gasteiger partial charge in [0, 0.05) is 31.7 Å². The fourth-order valence-electron chi connectivity index (χ4n) is 2.59. The highest BCUT2D eigenvalue weighted by atomic mass is 16.6. The molecule has 1 heterocycles. The largest absolute Gasteiger partial charge is 0.444 e. The van der Waals surface area contributed by atoms with Gasteiger partial charge in [0.25, 0.3) is 0 Å². The SMILES string of the molecule is CCC(C)(CO)CNCC1CCCN(C(=O)OC(C)(C)C)C1. The number of rotatable bonds is 6. The van der Waals surface area contributed by atoms with Gasteiger partial charge in [0.2, 0.25) is 0 Å². The zero-order valence-corrected chi connectivity index (χ0v) is 14.9. The van der Waals surface area contributed by atoms with E-state index in [0.717, 1.165) is 45.4 Å². The second-order valence-corrected chi connectivity index (χ2v) is 7.89. The summed E-state index contributed by atoms with van der Waals surface area (Å²) in [7, 11) is 0. The van der Waals surface area contributed by atoms with Crippen molar-refractivity contribution in [2.24, 2.45) is 11.3 Å². The topological polar surface area (TPSA) is 61.8 Å². The Bertz CT molecular complexity index is 348. The smallest absolute Gasteiger partial charge is 0.410 e. The molecule has 5 nitrogen and oxygen atoms in total. The van der Waals surface area contributed by atoms with E-state index in [2.05, 4.69) is 19.2 Å². The standard InChI is InChI=1S/C17H34N2O3/c1-6-17(5,13-20)12-18-10-14-8-7-9-19(11-14)15(21)22-16(2,3)4/h14,18,20H,6-13H2,1-5H3. The highest BCUT2D eigenvalue weighted by Crippen LogP contribution is 2.21. The van der Waals surface area contributed by atoms with Crippen molar-refractivity contribution in [3.05, 3.63) is 0 Å². The van der Waals surface area contributed by atoms with Gasteiger partial charge in [0.05, 0.1) is 0 Å². The Morgan fingerprint density at radius 3 is 2.59 bits per heavy atom. The summed E-state index contributed by atoms with van der Waals surface area (Å²) in [6.45, 7) is 13.3. The second-order valence-electron chi connectivity index (χ2n) is 7.89. The van der Waals surface area contributed by atoms with Gasteiger partial charge in [-0.15, -0.1) is 0 Å². The minimum Gasteiger partial charge on any atom is -0.444 e. The molecule has 2 unspecified atom stereocenters. The molecule has 130 valence electrons. The van der Waals surface area contributed by atoms with Gasteiger partial charge in [-0.3, -0.25) is 0 Å². The summed E-state index contributed by atoms with van der Waals surface area (Å²) in [6.07, 6.45) is 2.90. The zero-order chi connectivity index (χ0) is 16.8. The number of carbonyl (C=O) groups excluding carboxylic acids is 1. The number of ether oxygens (including phenoxy) is 1. The lowest BCUT2D eigenvalue weighted by Gasteiger charge is -2.35. The third kappa shape index (κ3) is 6.53. The number of hydrogen-bond donors (Lipinski definition) is 2. The van der Waals surface area contributed by atoms with E-state index >= 15 is 0 Å². The van der Waals surface area contributed by atoms with E-state index in [0.29, 0.717) is 5.92 Å². The Balaban J connectivity index is 2.39. The molecule has 1 aliphatic rings. The number of hydrogen-bond acceptors (Lipinski definition) is 4. The predicted molar refractivity (Wildman–Crippen MR) is 88.9 cm³/mol. The van der Waals surface area contributed by atoms with Gasteiger partial charge < -0.3 is 20.1 Å². The van der Waals surface area contributed by atoms with Crippen LogP contribution in [0.2, 0.25) is 0 Å². The Labute approximate surface area is 135 Å². The molecule has 0 saturated carbocycles. The van der Waals surface area contributed by atoms with Crippen LogP contribution in [0.25, 0.3) is 0 Å². The number of piperidine rings is 1. The van der Waals surface area contributed by atoms with Crippen molar-refractivity contribution >= 4 is 6.09 Å². The number of nitrogens with one attached hydrogen (secondary N) is 1. The van der Waals surface area contributed by atoms with Crippen molar-refractivity contribution in [2.45, 2.75) is 59.5 Å². The van der Waals surface area contributed by atoms with Gasteiger partial charge in [0.15, 0.2) is 0 Å². The van der Waals surface area contributed by atoms with Crippen LogP contribution < -0.4 is 5.32 Å². The van der Waals surface area contributed by atoms with Crippen LogP contribution in [0.4, 0.5) is 4.79 Å². The summed E-state index contributed by atoms with van der Waals surface area (Å²) in [6, 6.07) is 0. The third-order valence-electron chi connectivity index (χ3n) is 4.39. The van der Waals surface area contributed by atoms with E-state index in [1.165, 1.54) is 0 Å². The lowest BCUT2D eigenvalue weighted by atomic mass is 9.88. The molecule has 1 fully saturated rings. The van der Waals surface area contributed by atoms with Crippen LogP contribution in [-0.2, 0) is 4.74 Å². The highest BCUT2D eigenvalue weighted by molar-refractivity contribution is 5.68. The minimum atomic E-state index is -0.438. The highest BCUT2D eigenvalue weighted by Gasteiger charge is 2.28. The molecule has 1 amide bonds. The first kappa shape index (κ1) is 19.2. The summed E-state index contributed by atoms with van der Waals surface area (Å²) in [5.41, 5.74) is -0.494. The molecule has 22 heavy (non-hydrogen) atoms. The maximum Gasteiger partial charge on any atom is 0.410 e. The van der Waals surface area contributed by atoms with Crippen LogP contribution in [0.15, 0.2) is 0 Å². The molecule has 1 rings (SSSR count). The lowest BCUT2D eigenvalue weighted by Crippen LogP contribution is -2.46. The van der Waals surface area contributed by atoms with Crippen LogP contribution in [0.5, 0.6) is 0 Å². The van der Waals surface area contributed by atoms with E-state index in [9.17, 15) is 9.90 Å². The number of carbonyl (C=O) groups is 1. The number of likely N-dealkylation sites (tertiary alicyclic amines) is 1. The van der Waals surface area contributed by atoms with Gasteiger partial charge in [0.1, 0.15) is 5.60 Å². The number of amides is 1. The van der Waals surface area contributed by atoms with Crippen molar-refractivity contribution in [1.29, 1.82) is 0 Å². The first-order valence-electron chi connectivity index (χ1n) is 8.48. The van der Waals surface area contributed by atoms with E-state index in [4.69, 9.17) is 4.74 Å². The fourth-order valence-corrected chi connectivity index (χ4v) is 2.59. The Morgan fingerprint density at radius 1 is 1.36 bits per heavy atom. The third-order valence-corrected chi connectivity index (χ3v) is 4.39. The fraction of sp³-hybridized carbons (Fsp3) is 0.941. The molecule has 0 aromatic carbocycles. The molecule has 2 N–H and O–H groups in total. The summed E-state index contributed by atoms with van der Waals surface area (Å²) >= 11 is 0. The molecule has 0 aromatic heterocycles. The van der Waals surface area contributed by atoms with E-state index < -0.39 is 5.60 Å². The van der Waals surface area contributed by atoms with Gasteiger partial charge >= 0.3 is 6.09 Å². The Kier molecular flexibility index (Phi) is 7.13. The van der Waals surface area contributed by atoms with Crippen LogP contribution in [0.1, 0.15) is 53.9 Å². The monoisotopic (exact) mass is 314 g/mol. The summed E-state index contributed by atoms with van der Waals surface area (Å²) < 4.78 is 5.45. The van der Waals surface area contributed by atoms with Crippen LogP contribution in [0, 0.1) is 11.3 Å². The predicted octanol–water partition coefficient (Wildman–Crippen LogP) is 2.63. The normalized spacial score (nSPS) is 22.3. The molecule has 0 radical (unpaired) electrons. The maximum atomic E-state index is 12.1. The molecule has 0 spiro atoms. The van der Waals surface area contributed by atoms with E-state index in [1.807, 2.05) is 25.7 Å².